The average Bonchev–Trinajstić information content (AvgIpc) is 2.74. The van der Waals surface area contributed by atoms with Gasteiger partial charge in [0.25, 0.3) is 0 Å². The molecule has 90 valence electrons. The second-order valence-corrected chi connectivity index (χ2v) is 3.72. The van der Waals surface area contributed by atoms with Crippen LogP contribution in [-0.4, -0.2) is 32.2 Å². The van der Waals surface area contributed by atoms with Gasteiger partial charge in [-0.25, -0.2) is 0 Å². The van der Waals surface area contributed by atoms with Crippen LogP contribution < -0.4 is 4.74 Å². The molecule has 1 N–H and O–H groups in total. The third-order valence-corrected chi connectivity index (χ3v) is 2.45. The molecular formula is C11H14N4O2. The molecule has 1 atom stereocenters. The molecule has 2 aromatic rings. The van der Waals surface area contributed by atoms with Crippen LogP contribution in [0.15, 0.2) is 24.7 Å². The molecule has 0 aliphatic rings. The van der Waals surface area contributed by atoms with Crippen molar-refractivity contribution < 1.29 is 9.84 Å². The molecule has 0 amide bonds. The normalized spacial score (nSPS) is 12.4. The van der Waals surface area contributed by atoms with E-state index in [1.807, 2.05) is 0 Å². The minimum atomic E-state index is -0.676. The highest BCUT2D eigenvalue weighted by Gasteiger charge is 2.15. The second-order valence-electron chi connectivity index (χ2n) is 3.72. The number of hydrogen-bond donors (Lipinski definition) is 1. The first-order valence-electron chi connectivity index (χ1n) is 5.22. The number of nitrogens with zero attached hydrogens (tertiary/aromatic N) is 4. The Morgan fingerprint density at radius 2 is 2.35 bits per heavy atom. The number of aliphatic hydroxyl groups excluding tert-OH is 1. The lowest BCUT2D eigenvalue weighted by molar-refractivity contribution is 0.172. The Hall–Kier alpha value is -1.95. The summed E-state index contributed by atoms with van der Waals surface area (Å²) in [6.07, 6.45) is 4.70. The Morgan fingerprint density at radius 3 is 3.00 bits per heavy atom. The van der Waals surface area contributed by atoms with Gasteiger partial charge in [-0.2, -0.15) is 0 Å². The molecule has 0 aliphatic heterocycles. The molecule has 0 saturated carbocycles. The number of methoxy groups -OCH3 is 1. The number of hydrogen-bond acceptors (Lipinski definition) is 5. The van der Waals surface area contributed by atoms with Crippen LogP contribution in [-0.2, 0) is 13.5 Å². The molecule has 2 heterocycles. The van der Waals surface area contributed by atoms with E-state index >= 15 is 0 Å². The van der Waals surface area contributed by atoms with E-state index in [0.717, 1.165) is 5.69 Å². The number of aliphatic hydroxyl groups is 1. The quantitative estimate of drug-likeness (QED) is 0.833. The minimum Gasteiger partial charge on any atom is -0.495 e. The fourth-order valence-electron chi connectivity index (χ4n) is 1.63. The maximum atomic E-state index is 10.1. The number of aromatic nitrogens is 4. The van der Waals surface area contributed by atoms with Crippen molar-refractivity contribution in [2.75, 3.05) is 7.11 Å². The summed E-state index contributed by atoms with van der Waals surface area (Å²) in [5.41, 5.74) is 1.44. The molecular weight excluding hydrogens is 220 g/mol. The summed E-state index contributed by atoms with van der Waals surface area (Å²) < 4.78 is 6.75. The van der Waals surface area contributed by atoms with E-state index in [-0.39, 0.29) is 0 Å². The standard InChI is InChI=1S/C11H14N4O2/c1-15-7-8(13-14-15)5-10(16)9-3-4-12-6-11(9)17-2/h3-4,6-7,10,16H,5H2,1-2H3. The Balaban J connectivity index is 2.16. The van der Waals surface area contributed by atoms with Crippen molar-refractivity contribution in [1.29, 1.82) is 0 Å². The number of pyridine rings is 1. The van der Waals surface area contributed by atoms with Crippen molar-refractivity contribution in [3.05, 3.63) is 35.9 Å². The van der Waals surface area contributed by atoms with Crippen molar-refractivity contribution in [3.63, 3.8) is 0 Å². The van der Waals surface area contributed by atoms with E-state index in [1.54, 1.807) is 43.5 Å². The zero-order valence-electron chi connectivity index (χ0n) is 9.74. The molecule has 2 aromatic heterocycles. The number of aryl methyl sites for hydroxylation is 1. The highest BCUT2D eigenvalue weighted by molar-refractivity contribution is 5.32. The van der Waals surface area contributed by atoms with E-state index in [2.05, 4.69) is 15.3 Å². The summed E-state index contributed by atoms with van der Waals surface area (Å²) in [5.74, 6) is 0.573. The molecule has 0 saturated heterocycles. The lowest BCUT2D eigenvalue weighted by Gasteiger charge is -2.12. The van der Waals surface area contributed by atoms with Crippen LogP contribution in [0, 0.1) is 0 Å². The summed E-state index contributed by atoms with van der Waals surface area (Å²) in [4.78, 5) is 3.94. The van der Waals surface area contributed by atoms with E-state index in [0.29, 0.717) is 17.7 Å². The van der Waals surface area contributed by atoms with Crippen LogP contribution in [0.25, 0.3) is 0 Å². The molecule has 0 aromatic carbocycles. The smallest absolute Gasteiger partial charge is 0.142 e. The van der Waals surface area contributed by atoms with Gasteiger partial charge in [-0.15, -0.1) is 5.10 Å². The van der Waals surface area contributed by atoms with Gasteiger partial charge in [0.05, 0.1) is 25.1 Å². The van der Waals surface area contributed by atoms with E-state index in [9.17, 15) is 5.11 Å². The molecule has 17 heavy (non-hydrogen) atoms. The van der Waals surface area contributed by atoms with Crippen molar-refractivity contribution in [1.82, 2.24) is 20.0 Å². The van der Waals surface area contributed by atoms with Crippen LogP contribution >= 0.6 is 0 Å². The lowest BCUT2D eigenvalue weighted by atomic mass is 10.1. The van der Waals surface area contributed by atoms with Gasteiger partial charge in [-0.3, -0.25) is 9.67 Å². The summed E-state index contributed by atoms with van der Waals surface area (Å²) in [7, 11) is 3.34. The van der Waals surface area contributed by atoms with E-state index < -0.39 is 6.10 Å². The Labute approximate surface area is 98.9 Å². The van der Waals surface area contributed by atoms with Crippen molar-refractivity contribution in [2.45, 2.75) is 12.5 Å². The molecule has 0 spiro atoms. The first-order chi connectivity index (χ1) is 8.20. The maximum Gasteiger partial charge on any atom is 0.142 e. The van der Waals surface area contributed by atoms with Crippen molar-refractivity contribution in [2.24, 2.45) is 7.05 Å². The molecule has 0 aliphatic carbocycles. The lowest BCUT2D eigenvalue weighted by Crippen LogP contribution is -2.04. The van der Waals surface area contributed by atoms with Crippen LogP contribution in [0.1, 0.15) is 17.4 Å². The zero-order valence-corrected chi connectivity index (χ0v) is 9.74. The second kappa shape index (κ2) is 4.92. The van der Waals surface area contributed by atoms with Crippen molar-refractivity contribution >= 4 is 0 Å². The fourth-order valence-corrected chi connectivity index (χ4v) is 1.63. The summed E-state index contributed by atoms with van der Waals surface area (Å²) in [6.45, 7) is 0. The molecule has 0 fully saturated rings. The Bertz CT molecular complexity index is 498. The number of rotatable bonds is 4. The fraction of sp³-hybridized carbons (Fsp3) is 0.364. The van der Waals surface area contributed by atoms with Gasteiger partial charge < -0.3 is 9.84 Å². The van der Waals surface area contributed by atoms with Gasteiger partial charge in [0, 0.05) is 31.4 Å². The van der Waals surface area contributed by atoms with E-state index in [4.69, 9.17) is 4.74 Å². The highest BCUT2D eigenvalue weighted by Crippen LogP contribution is 2.25. The topological polar surface area (TPSA) is 73.1 Å². The highest BCUT2D eigenvalue weighted by atomic mass is 16.5. The van der Waals surface area contributed by atoms with Gasteiger partial charge in [0.1, 0.15) is 5.75 Å². The van der Waals surface area contributed by atoms with Gasteiger partial charge in [-0.05, 0) is 6.07 Å². The van der Waals surface area contributed by atoms with Crippen molar-refractivity contribution in [3.8, 4) is 5.75 Å². The molecule has 0 radical (unpaired) electrons. The molecule has 0 bridgehead atoms. The van der Waals surface area contributed by atoms with Gasteiger partial charge >= 0.3 is 0 Å². The third-order valence-electron chi connectivity index (χ3n) is 2.45. The molecule has 6 nitrogen and oxygen atoms in total. The van der Waals surface area contributed by atoms with Gasteiger partial charge in [0.2, 0.25) is 0 Å². The summed E-state index contributed by atoms with van der Waals surface area (Å²) in [5, 5.41) is 17.9. The van der Waals surface area contributed by atoms with Crippen LogP contribution in [0.5, 0.6) is 5.75 Å². The Morgan fingerprint density at radius 1 is 1.53 bits per heavy atom. The summed E-state index contributed by atoms with van der Waals surface area (Å²) in [6, 6.07) is 1.74. The minimum absolute atomic E-state index is 0.397. The summed E-state index contributed by atoms with van der Waals surface area (Å²) >= 11 is 0. The largest absolute Gasteiger partial charge is 0.495 e. The SMILES string of the molecule is COc1cnccc1C(O)Cc1cn(C)nn1. The zero-order chi connectivity index (χ0) is 12.3. The van der Waals surface area contributed by atoms with Crippen LogP contribution in [0.2, 0.25) is 0 Å². The monoisotopic (exact) mass is 234 g/mol. The van der Waals surface area contributed by atoms with Gasteiger partial charge in [0.15, 0.2) is 0 Å². The molecule has 1 unspecified atom stereocenters. The first-order valence-corrected chi connectivity index (χ1v) is 5.22. The third kappa shape index (κ3) is 2.59. The first kappa shape index (κ1) is 11.5. The predicted octanol–water partition coefficient (Wildman–Crippen LogP) is 0.495. The van der Waals surface area contributed by atoms with Gasteiger partial charge in [-0.1, -0.05) is 5.21 Å². The average molecular weight is 234 g/mol. The van der Waals surface area contributed by atoms with E-state index in [1.165, 1.54) is 0 Å². The Kier molecular flexibility index (Phi) is 3.34. The number of ether oxygens (including phenoxy) is 1. The maximum absolute atomic E-state index is 10.1. The molecule has 6 heteroatoms. The van der Waals surface area contributed by atoms with Crippen LogP contribution in [0.4, 0.5) is 0 Å². The molecule has 2 rings (SSSR count). The predicted molar refractivity (Wildman–Crippen MR) is 60.5 cm³/mol. The van der Waals surface area contributed by atoms with Crippen LogP contribution in [0.3, 0.4) is 0 Å².